The first-order valence-electron chi connectivity index (χ1n) is 10.3. The van der Waals surface area contributed by atoms with Crippen molar-refractivity contribution in [2.75, 3.05) is 13.6 Å². The molecule has 0 unspecified atom stereocenters. The Morgan fingerprint density at radius 1 is 1.07 bits per heavy atom. The minimum Gasteiger partial charge on any atom is -0.485 e. The first kappa shape index (κ1) is 23.4. The topological polar surface area (TPSA) is 76.7 Å². The largest absolute Gasteiger partial charge is 0.485 e. The fourth-order valence-corrected chi connectivity index (χ4v) is 3.10. The molecule has 2 N–H and O–H groups in total. The van der Waals surface area contributed by atoms with E-state index in [1.54, 1.807) is 12.1 Å². The highest BCUT2D eigenvalue weighted by molar-refractivity contribution is 5.84. The van der Waals surface area contributed by atoms with Crippen LogP contribution in [0.3, 0.4) is 0 Å². The number of benzene rings is 2. The maximum absolute atomic E-state index is 12.5. The van der Waals surface area contributed by atoms with Crippen molar-refractivity contribution in [3.05, 3.63) is 59.7 Å². The van der Waals surface area contributed by atoms with Crippen LogP contribution in [0.25, 0.3) is 0 Å². The van der Waals surface area contributed by atoms with Crippen molar-refractivity contribution >= 4 is 11.9 Å². The molecule has 0 radical (unpaired) electrons. The third-order valence-corrected chi connectivity index (χ3v) is 4.74. The zero-order chi connectivity index (χ0) is 22.1. The van der Waals surface area contributed by atoms with Gasteiger partial charge in [0, 0.05) is 13.3 Å². The maximum Gasteiger partial charge on any atom is 0.334 e. The number of carbonyl (C=O) groups is 2. The molecule has 30 heavy (non-hydrogen) atoms. The van der Waals surface area contributed by atoms with Crippen LogP contribution >= 0.6 is 0 Å². The summed E-state index contributed by atoms with van der Waals surface area (Å²) in [6.45, 7) is 7.85. The molecule has 6 nitrogen and oxygen atoms in total. The molecule has 0 aromatic heterocycles. The normalized spacial score (nSPS) is 12.9. The standard InChI is InChI=1S/C24H32N2O4/c1-16(2)23(26-18(4)27)24(28)29-20-11-12-21(17(3)15-20)30-22(13-14-25-5)19-9-7-6-8-10-19/h6-12,15-16,22-23,25H,13-14H2,1-5H3,(H,26,27)/t22-,23+/m1/s1. The van der Waals surface area contributed by atoms with E-state index in [2.05, 4.69) is 22.8 Å². The van der Waals surface area contributed by atoms with Gasteiger partial charge in [-0.1, -0.05) is 44.2 Å². The van der Waals surface area contributed by atoms with Crippen molar-refractivity contribution in [2.45, 2.75) is 46.3 Å². The predicted molar refractivity (Wildman–Crippen MR) is 118 cm³/mol. The molecule has 2 aromatic carbocycles. The van der Waals surface area contributed by atoms with Crippen LogP contribution in [-0.4, -0.2) is 31.5 Å². The van der Waals surface area contributed by atoms with Crippen LogP contribution in [0.5, 0.6) is 11.5 Å². The lowest BCUT2D eigenvalue weighted by Crippen LogP contribution is -2.45. The molecule has 0 heterocycles. The third-order valence-electron chi connectivity index (χ3n) is 4.74. The van der Waals surface area contributed by atoms with Gasteiger partial charge in [0.05, 0.1) is 0 Å². The Morgan fingerprint density at radius 2 is 1.77 bits per heavy atom. The lowest BCUT2D eigenvalue weighted by molar-refractivity contribution is -0.140. The summed E-state index contributed by atoms with van der Waals surface area (Å²) >= 11 is 0. The number of rotatable bonds is 10. The van der Waals surface area contributed by atoms with Crippen LogP contribution < -0.4 is 20.1 Å². The fourth-order valence-electron chi connectivity index (χ4n) is 3.10. The number of hydrogen-bond acceptors (Lipinski definition) is 5. The summed E-state index contributed by atoms with van der Waals surface area (Å²) in [5.41, 5.74) is 1.98. The second kappa shape index (κ2) is 11.4. The van der Waals surface area contributed by atoms with Crippen LogP contribution in [0.4, 0.5) is 0 Å². The van der Waals surface area contributed by atoms with Gasteiger partial charge in [0.1, 0.15) is 23.6 Å². The monoisotopic (exact) mass is 412 g/mol. The van der Waals surface area contributed by atoms with Gasteiger partial charge in [-0.25, -0.2) is 4.79 Å². The van der Waals surface area contributed by atoms with Gasteiger partial charge in [0.15, 0.2) is 0 Å². The quantitative estimate of drug-likeness (QED) is 0.459. The first-order valence-corrected chi connectivity index (χ1v) is 10.3. The smallest absolute Gasteiger partial charge is 0.334 e. The van der Waals surface area contributed by atoms with Gasteiger partial charge in [-0.15, -0.1) is 0 Å². The molecule has 0 aliphatic heterocycles. The van der Waals surface area contributed by atoms with E-state index >= 15 is 0 Å². The summed E-state index contributed by atoms with van der Waals surface area (Å²) < 4.78 is 11.8. The van der Waals surface area contributed by atoms with E-state index in [0.29, 0.717) is 5.75 Å². The summed E-state index contributed by atoms with van der Waals surface area (Å²) in [6.07, 6.45) is 0.736. The van der Waals surface area contributed by atoms with E-state index in [1.807, 2.05) is 52.1 Å². The molecule has 0 aliphatic carbocycles. The van der Waals surface area contributed by atoms with Gasteiger partial charge < -0.3 is 20.1 Å². The van der Waals surface area contributed by atoms with Crippen LogP contribution in [0.1, 0.15) is 44.4 Å². The molecule has 0 fully saturated rings. The van der Waals surface area contributed by atoms with Crippen molar-refractivity contribution in [1.82, 2.24) is 10.6 Å². The van der Waals surface area contributed by atoms with Crippen LogP contribution in [0.2, 0.25) is 0 Å². The Bertz CT molecular complexity index is 836. The van der Waals surface area contributed by atoms with E-state index < -0.39 is 12.0 Å². The molecule has 0 bridgehead atoms. The Hall–Kier alpha value is -2.86. The average Bonchev–Trinajstić information content (AvgIpc) is 2.71. The minimum atomic E-state index is -0.692. The number of aryl methyl sites for hydroxylation is 1. The number of esters is 1. The van der Waals surface area contributed by atoms with E-state index in [1.165, 1.54) is 6.92 Å². The van der Waals surface area contributed by atoms with Crippen molar-refractivity contribution < 1.29 is 19.1 Å². The van der Waals surface area contributed by atoms with Crippen molar-refractivity contribution in [2.24, 2.45) is 5.92 Å². The molecule has 2 rings (SSSR count). The lowest BCUT2D eigenvalue weighted by Gasteiger charge is -2.22. The third kappa shape index (κ3) is 6.88. The van der Waals surface area contributed by atoms with Gasteiger partial charge in [0.2, 0.25) is 5.91 Å². The Kier molecular flexibility index (Phi) is 8.87. The first-order chi connectivity index (χ1) is 14.3. The van der Waals surface area contributed by atoms with Crippen molar-refractivity contribution in [3.63, 3.8) is 0 Å². The van der Waals surface area contributed by atoms with Gasteiger partial charge in [0.25, 0.3) is 0 Å². The Morgan fingerprint density at radius 3 is 2.33 bits per heavy atom. The van der Waals surface area contributed by atoms with E-state index in [9.17, 15) is 9.59 Å². The fraction of sp³-hybridized carbons (Fsp3) is 0.417. The number of amides is 1. The lowest BCUT2D eigenvalue weighted by atomic mass is 10.0. The molecule has 0 saturated carbocycles. The van der Waals surface area contributed by atoms with Gasteiger partial charge >= 0.3 is 5.97 Å². The highest BCUT2D eigenvalue weighted by Crippen LogP contribution is 2.30. The molecule has 2 atom stereocenters. The zero-order valence-corrected chi connectivity index (χ0v) is 18.4. The van der Waals surface area contributed by atoms with Crippen LogP contribution in [0.15, 0.2) is 48.5 Å². The molecule has 0 saturated heterocycles. The molecule has 1 amide bonds. The number of carbonyl (C=O) groups excluding carboxylic acids is 2. The number of ether oxygens (including phenoxy) is 2. The van der Waals surface area contributed by atoms with E-state index in [0.717, 1.165) is 29.8 Å². The summed E-state index contributed by atoms with van der Waals surface area (Å²) in [7, 11) is 1.92. The van der Waals surface area contributed by atoms with Crippen LogP contribution in [0, 0.1) is 12.8 Å². The average molecular weight is 413 g/mol. The molecular weight excluding hydrogens is 380 g/mol. The molecular formula is C24H32N2O4. The second-order valence-electron chi connectivity index (χ2n) is 7.68. The van der Waals surface area contributed by atoms with Crippen molar-refractivity contribution in [1.29, 1.82) is 0 Å². The van der Waals surface area contributed by atoms with Crippen LogP contribution in [-0.2, 0) is 9.59 Å². The van der Waals surface area contributed by atoms with E-state index in [4.69, 9.17) is 9.47 Å². The molecule has 2 aromatic rings. The Labute approximate surface area is 179 Å². The Balaban J connectivity index is 2.13. The van der Waals surface area contributed by atoms with Gasteiger partial charge in [-0.3, -0.25) is 4.79 Å². The number of nitrogens with one attached hydrogen (secondary N) is 2. The van der Waals surface area contributed by atoms with Crippen molar-refractivity contribution in [3.8, 4) is 11.5 Å². The summed E-state index contributed by atoms with van der Waals surface area (Å²) in [5.74, 6) is 0.335. The predicted octanol–water partition coefficient (Wildman–Crippen LogP) is 3.79. The zero-order valence-electron chi connectivity index (χ0n) is 18.4. The molecule has 0 spiro atoms. The molecule has 0 aliphatic rings. The van der Waals surface area contributed by atoms with Gasteiger partial charge in [-0.05, 0) is 55.8 Å². The number of hydrogen-bond donors (Lipinski definition) is 2. The second-order valence-corrected chi connectivity index (χ2v) is 7.68. The van der Waals surface area contributed by atoms with Gasteiger partial charge in [-0.2, -0.15) is 0 Å². The molecule has 162 valence electrons. The summed E-state index contributed by atoms with van der Waals surface area (Å²) in [4.78, 5) is 23.9. The summed E-state index contributed by atoms with van der Waals surface area (Å²) in [6, 6.07) is 14.7. The van der Waals surface area contributed by atoms with E-state index in [-0.39, 0.29) is 17.9 Å². The highest BCUT2D eigenvalue weighted by atomic mass is 16.5. The maximum atomic E-state index is 12.5. The highest BCUT2D eigenvalue weighted by Gasteiger charge is 2.25. The SMILES string of the molecule is CNCC[C@@H](Oc1ccc(OC(=O)[C@@H](NC(C)=O)C(C)C)cc1C)c1ccccc1. The minimum absolute atomic E-state index is 0.0797. The molecule has 6 heteroatoms. The summed E-state index contributed by atoms with van der Waals surface area (Å²) in [5, 5.41) is 5.81.